The average molecular weight is 411 g/mol. The molecule has 0 bridgehead atoms. The first-order valence-electron chi connectivity index (χ1n) is 10.5. The van der Waals surface area contributed by atoms with Crippen molar-refractivity contribution in [3.63, 3.8) is 0 Å². The number of anilines is 2. The lowest BCUT2D eigenvalue weighted by Crippen LogP contribution is -2.30. The van der Waals surface area contributed by atoms with Crippen molar-refractivity contribution in [2.45, 2.75) is 50.0 Å². The lowest BCUT2D eigenvalue weighted by Gasteiger charge is -2.30. The molecule has 3 heterocycles. The van der Waals surface area contributed by atoms with Gasteiger partial charge in [0, 0.05) is 26.1 Å². The number of nitrogens with one attached hydrogen (secondary N) is 1. The predicted molar refractivity (Wildman–Crippen MR) is 116 cm³/mol. The lowest BCUT2D eigenvalue weighted by atomic mass is 10.1. The first-order valence-corrected chi connectivity index (χ1v) is 12.0. The van der Waals surface area contributed by atoms with Gasteiger partial charge in [-0.3, -0.25) is 4.72 Å². The van der Waals surface area contributed by atoms with Crippen molar-refractivity contribution in [1.29, 1.82) is 0 Å². The zero-order valence-electron chi connectivity index (χ0n) is 16.5. The summed E-state index contributed by atoms with van der Waals surface area (Å²) in [6.45, 7) is 2.83. The summed E-state index contributed by atoms with van der Waals surface area (Å²) in [5.74, 6) is 1.11. The summed E-state index contributed by atoms with van der Waals surface area (Å²) in [5.41, 5.74) is 3.57. The second-order valence-electron chi connectivity index (χ2n) is 7.96. The fourth-order valence-corrected chi connectivity index (χ4v) is 5.57. The molecule has 0 amide bonds. The fraction of sp³-hybridized carbons (Fsp3) is 0.409. The summed E-state index contributed by atoms with van der Waals surface area (Å²) in [5, 5.41) is 0. The zero-order chi connectivity index (χ0) is 19.8. The van der Waals surface area contributed by atoms with E-state index in [1.54, 1.807) is 24.3 Å². The van der Waals surface area contributed by atoms with Gasteiger partial charge in [0.15, 0.2) is 0 Å². The van der Waals surface area contributed by atoms with Crippen LogP contribution >= 0.6 is 0 Å². The Kier molecular flexibility index (Phi) is 4.70. The van der Waals surface area contributed by atoms with E-state index in [2.05, 4.69) is 20.3 Å². The van der Waals surface area contributed by atoms with Gasteiger partial charge in [0.2, 0.25) is 0 Å². The van der Waals surface area contributed by atoms with Crippen molar-refractivity contribution in [2.75, 3.05) is 22.7 Å². The van der Waals surface area contributed by atoms with Crippen molar-refractivity contribution < 1.29 is 8.42 Å². The number of imidazole rings is 1. The van der Waals surface area contributed by atoms with E-state index in [9.17, 15) is 8.42 Å². The van der Waals surface area contributed by atoms with Crippen LogP contribution in [0.15, 0.2) is 47.4 Å². The van der Waals surface area contributed by atoms with E-state index in [1.165, 1.54) is 6.42 Å². The van der Waals surface area contributed by atoms with Crippen molar-refractivity contribution >= 4 is 32.4 Å². The molecule has 1 fully saturated rings. The Morgan fingerprint density at radius 3 is 2.45 bits per heavy atom. The molecule has 6 nitrogen and oxygen atoms in total. The Bertz CT molecular complexity index is 1130. The highest BCUT2D eigenvalue weighted by Crippen LogP contribution is 2.35. The van der Waals surface area contributed by atoms with E-state index >= 15 is 0 Å². The van der Waals surface area contributed by atoms with Gasteiger partial charge in [-0.25, -0.2) is 13.4 Å². The summed E-state index contributed by atoms with van der Waals surface area (Å²) in [6, 6.07) is 12.6. The molecule has 0 unspecified atom stereocenters. The average Bonchev–Trinajstić information content (AvgIpc) is 3.12. The number of hydrogen-bond acceptors (Lipinski definition) is 4. The molecule has 1 aromatic heterocycles. The van der Waals surface area contributed by atoms with Gasteiger partial charge in [-0.05, 0) is 56.4 Å². The summed E-state index contributed by atoms with van der Waals surface area (Å²) in [4.78, 5) is 7.44. The third kappa shape index (κ3) is 3.48. The second-order valence-corrected chi connectivity index (χ2v) is 9.64. The molecule has 0 saturated carbocycles. The monoisotopic (exact) mass is 410 g/mol. The first kappa shape index (κ1) is 18.5. The number of sulfonamides is 1. The molecular weight excluding hydrogens is 384 g/mol. The van der Waals surface area contributed by atoms with E-state index < -0.39 is 10.0 Å². The van der Waals surface area contributed by atoms with Gasteiger partial charge in [0.1, 0.15) is 5.82 Å². The van der Waals surface area contributed by atoms with E-state index in [-0.39, 0.29) is 4.90 Å². The Morgan fingerprint density at radius 1 is 0.897 bits per heavy atom. The predicted octanol–water partition coefficient (Wildman–Crippen LogP) is 4.16. The standard InChI is InChI=1S/C22H26N4O2S/c27-29(28,17-9-3-1-4-10-17)24-19-16-21-18(23-22-11-5-8-14-26(21)22)15-20(19)25-12-6-2-7-13-25/h1,3-4,9-10,15-16,24H,2,5-8,11-14H2. The van der Waals surface area contributed by atoms with Crippen LogP contribution in [0, 0.1) is 0 Å². The van der Waals surface area contributed by atoms with Crippen LogP contribution in [-0.2, 0) is 23.0 Å². The van der Waals surface area contributed by atoms with Crippen molar-refractivity contribution in [2.24, 2.45) is 0 Å². The second kappa shape index (κ2) is 7.37. The van der Waals surface area contributed by atoms with Crippen LogP contribution in [0.2, 0.25) is 0 Å². The molecular formula is C22H26N4O2S. The van der Waals surface area contributed by atoms with Gasteiger partial charge < -0.3 is 9.47 Å². The topological polar surface area (TPSA) is 67.2 Å². The van der Waals surface area contributed by atoms with Gasteiger partial charge in [-0.15, -0.1) is 0 Å². The quantitative estimate of drug-likeness (QED) is 0.701. The number of rotatable bonds is 4. The van der Waals surface area contributed by atoms with Crippen molar-refractivity contribution in [1.82, 2.24) is 9.55 Å². The fourth-order valence-electron chi connectivity index (χ4n) is 4.48. The molecule has 1 saturated heterocycles. The van der Waals surface area contributed by atoms with Gasteiger partial charge in [0.05, 0.1) is 27.3 Å². The summed E-state index contributed by atoms with van der Waals surface area (Å²) < 4.78 is 31.2. The Labute approximate surface area is 171 Å². The highest BCUT2D eigenvalue weighted by Gasteiger charge is 2.23. The minimum absolute atomic E-state index is 0.278. The van der Waals surface area contributed by atoms with E-state index in [1.807, 2.05) is 12.1 Å². The Balaban J connectivity index is 1.63. The molecule has 5 rings (SSSR count). The number of hydrogen-bond donors (Lipinski definition) is 1. The number of nitrogens with zero attached hydrogens (tertiary/aromatic N) is 3. The first-order chi connectivity index (χ1) is 14.1. The third-order valence-corrected chi connectivity index (χ3v) is 7.35. The van der Waals surface area contributed by atoms with Crippen LogP contribution in [-0.4, -0.2) is 31.1 Å². The maximum absolute atomic E-state index is 13.0. The molecule has 1 N–H and O–H groups in total. The minimum Gasteiger partial charge on any atom is -0.370 e. The molecule has 2 aliphatic rings. The SMILES string of the molecule is O=S(=O)(Nc1cc2c(cc1N1CCCCC1)nc1n2CCCC1)c1ccccc1. The van der Waals surface area contributed by atoms with Crippen LogP contribution in [0.4, 0.5) is 11.4 Å². The van der Waals surface area contributed by atoms with Crippen LogP contribution in [0.1, 0.15) is 37.9 Å². The van der Waals surface area contributed by atoms with Crippen LogP contribution < -0.4 is 9.62 Å². The molecule has 0 spiro atoms. The zero-order valence-corrected chi connectivity index (χ0v) is 17.3. The molecule has 0 aliphatic carbocycles. The van der Waals surface area contributed by atoms with Crippen LogP contribution in [0.3, 0.4) is 0 Å². The summed E-state index contributed by atoms with van der Waals surface area (Å²) in [7, 11) is -3.65. The third-order valence-electron chi connectivity index (χ3n) is 5.97. The molecule has 3 aromatic rings. The highest BCUT2D eigenvalue weighted by atomic mass is 32.2. The molecule has 0 radical (unpaired) electrons. The number of fused-ring (bicyclic) bond motifs is 3. The maximum Gasteiger partial charge on any atom is 0.261 e. The number of benzene rings is 2. The van der Waals surface area contributed by atoms with Gasteiger partial charge in [-0.1, -0.05) is 18.2 Å². The molecule has 0 atom stereocenters. The highest BCUT2D eigenvalue weighted by molar-refractivity contribution is 7.92. The van der Waals surface area contributed by atoms with Gasteiger partial charge in [-0.2, -0.15) is 0 Å². The number of aryl methyl sites for hydroxylation is 2. The minimum atomic E-state index is -3.65. The Morgan fingerprint density at radius 2 is 1.66 bits per heavy atom. The molecule has 2 aromatic carbocycles. The van der Waals surface area contributed by atoms with Crippen LogP contribution in [0.5, 0.6) is 0 Å². The van der Waals surface area contributed by atoms with E-state index in [0.29, 0.717) is 5.69 Å². The summed E-state index contributed by atoms with van der Waals surface area (Å²) in [6.07, 6.45) is 6.76. The summed E-state index contributed by atoms with van der Waals surface area (Å²) >= 11 is 0. The van der Waals surface area contributed by atoms with E-state index in [4.69, 9.17) is 4.98 Å². The molecule has 7 heteroatoms. The lowest BCUT2D eigenvalue weighted by molar-refractivity contribution is 0.533. The normalized spacial score (nSPS) is 17.3. The number of piperidine rings is 1. The number of aromatic nitrogens is 2. The van der Waals surface area contributed by atoms with Gasteiger partial charge >= 0.3 is 0 Å². The maximum atomic E-state index is 13.0. The van der Waals surface area contributed by atoms with Gasteiger partial charge in [0.25, 0.3) is 10.0 Å². The smallest absolute Gasteiger partial charge is 0.261 e. The molecule has 29 heavy (non-hydrogen) atoms. The molecule has 2 aliphatic heterocycles. The largest absolute Gasteiger partial charge is 0.370 e. The molecule has 152 valence electrons. The van der Waals surface area contributed by atoms with Crippen molar-refractivity contribution in [3.05, 3.63) is 48.3 Å². The Hall–Kier alpha value is -2.54. The van der Waals surface area contributed by atoms with E-state index in [0.717, 1.165) is 74.3 Å². The van der Waals surface area contributed by atoms with Crippen molar-refractivity contribution in [3.8, 4) is 0 Å². The van der Waals surface area contributed by atoms with Crippen LogP contribution in [0.25, 0.3) is 11.0 Å².